The maximum absolute atomic E-state index is 12.1. The number of methoxy groups -OCH3 is 1. The number of nitrogens with zero attached hydrogens (tertiary/aromatic N) is 2. The number of aryl methyl sites for hydroxylation is 1. The van der Waals surface area contributed by atoms with Crippen LogP contribution in [0.3, 0.4) is 0 Å². The second kappa shape index (κ2) is 6.55. The largest absolute Gasteiger partial charge is 0.481 e. The standard InChI is InChI=1S/C17H26N2O3/c1-6-12-7-8-14(18-15(12)21-5)13-9-10-19(11-13)16(20)22-17(2,3)4/h7-8,13H,6,9-11H2,1-5H3/t13-/m0/s1. The Labute approximate surface area is 132 Å². The lowest BCUT2D eigenvalue weighted by atomic mass is 10.0. The van der Waals surface area contributed by atoms with E-state index < -0.39 is 5.60 Å². The quantitative estimate of drug-likeness (QED) is 0.859. The smallest absolute Gasteiger partial charge is 0.410 e. The Hall–Kier alpha value is -1.78. The molecule has 2 heterocycles. The summed E-state index contributed by atoms with van der Waals surface area (Å²) < 4.78 is 10.8. The van der Waals surface area contributed by atoms with Crippen molar-refractivity contribution >= 4 is 6.09 Å². The minimum atomic E-state index is -0.459. The van der Waals surface area contributed by atoms with Crippen LogP contribution in [0.1, 0.15) is 51.3 Å². The second-order valence-corrected chi connectivity index (χ2v) is 6.67. The van der Waals surface area contributed by atoms with E-state index in [-0.39, 0.29) is 12.0 Å². The van der Waals surface area contributed by atoms with E-state index in [0.717, 1.165) is 24.1 Å². The van der Waals surface area contributed by atoms with Gasteiger partial charge in [0.2, 0.25) is 5.88 Å². The highest BCUT2D eigenvalue weighted by molar-refractivity contribution is 5.68. The first kappa shape index (κ1) is 16.6. The molecule has 0 saturated carbocycles. The minimum absolute atomic E-state index is 0.243. The van der Waals surface area contributed by atoms with Crippen LogP contribution >= 0.6 is 0 Å². The van der Waals surface area contributed by atoms with Crippen molar-refractivity contribution in [3.63, 3.8) is 0 Å². The van der Waals surface area contributed by atoms with E-state index in [1.165, 1.54) is 0 Å². The van der Waals surface area contributed by atoms with E-state index in [1.54, 1.807) is 12.0 Å². The lowest BCUT2D eigenvalue weighted by Crippen LogP contribution is -2.35. The fraction of sp³-hybridized carbons (Fsp3) is 0.647. The lowest BCUT2D eigenvalue weighted by Gasteiger charge is -2.24. The van der Waals surface area contributed by atoms with Gasteiger partial charge in [-0.3, -0.25) is 0 Å². The van der Waals surface area contributed by atoms with E-state index in [9.17, 15) is 4.79 Å². The third kappa shape index (κ3) is 3.90. The molecule has 0 aliphatic carbocycles. The van der Waals surface area contributed by atoms with E-state index in [4.69, 9.17) is 9.47 Å². The zero-order valence-corrected chi connectivity index (χ0v) is 14.2. The van der Waals surface area contributed by atoms with Gasteiger partial charge in [-0.25, -0.2) is 9.78 Å². The lowest BCUT2D eigenvalue weighted by molar-refractivity contribution is 0.0292. The van der Waals surface area contributed by atoms with Crippen LogP contribution in [-0.4, -0.2) is 41.8 Å². The molecule has 22 heavy (non-hydrogen) atoms. The molecule has 5 nitrogen and oxygen atoms in total. The van der Waals surface area contributed by atoms with Gasteiger partial charge in [0.05, 0.1) is 7.11 Å². The Kier molecular flexibility index (Phi) is 4.94. The van der Waals surface area contributed by atoms with Crippen LogP contribution in [0, 0.1) is 0 Å². The molecule has 1 atom stereocenters. The molecule has 0 radical (unpaired) electrons. The maximum Gasteiger partial charge on any atom is 0.410 e. The normalized spacial score (nSPS) is 18.4. The first-order valence-electron chi connectivity index (χ1n) is 7.85. The number of amides is 1. The summed E-state index contributed by atoms with van der Waals surface area (Å²) in [7, 11) is 1.65. The molecule has 1 aromatic heterocycles. The minimum Gasteiger partial charge on any atom is -0.481 e. The van der Waals surface area contributed by atoms with Crippen molar-refractivity contribution in [2.24, 2.45) is 0 Å². The summed E-state index contributed by atoms with van der Waals surface area (Å²) in [6, 6.07) is 4.11. The third-order valence-corrected chi connectivity index (χ3v) is 3.79. The predicted molar refractivity (Wildman–Crippen MR) is 85.3 cm³/mol. The van der Waals surface area contributed by atoms with Crippen molar-refractivity contribution < 1.29 is 14.3 Å². The third-order valence-electron chi connectivity index (χ3n) is 3.79. The molecule has 5 heteroatoms. The van der Waals surface area contributed by atoms with Gasteiger partial charge >= 0.3 is 6.09 Å². The van der Waals surface area contributed by atoms with Gasteiger partial charge in [0.1, 0.15) is 5.60 Å². The zero-order valence-electron chi connectivity index (χ0n) is 14.2. The first-order valence-corrected chi connectivity index (χ1v) is 7.85. The van der Waals surface area contributed by atoms with Crippen LogP contribution in [0.4, 0.5) is 4.79 Å². The van der Waals surface area contributed by atoms with Crippen LogP contribution < -0.4 is 4.74 Å². The van der Waals surface area contributed by atoms with Gasteiger partial charge in [0.15, 0.2) is 0 Å². The van der Waals surface area contributed by atoms with Crippen LogP contribution in [0.2, 0.25) is 0 Å². The topological polar surface area (TPSA) is 51.7 Å². The number of carbonyl (C=O) groups excluding carboxylic acids is 1. The number of rotatable bonds is 3. The molecule has 1 fully saturated rings. The Morgan fingerprint density at radius 2 is 2.14 bits per heavy atom. The molecule has 1 aliphatic rings. The maximum atomic E-state index is 12.1. The van der Waals surface area contributed by atoms with E-state index >= 15 is 0 Å². The molecule has 0 aromatic carbocycles. The molecule has 122 valence electrons. The fourth-order valence-electron chi connectivity index (χ4n) is 2.65. The van der Waals surface area contributed by atoms with Gasteiger partial charge < -0.3 is 14.4 Å². The Morgan fingerprint density at radius 3 is 2.73 bits per heavy atom. The molecule has 1 aliphatic heterocycles. The highest BCUT2D eigenvalue weighted by Crippen LogP contribution is 2.29. The number of hydrogen-bond donors (Lipinski definition) is 0. The van der Waals surface area contributed by atoms with Gasteiger partial charge in [0.25, 0.3) is 0 Å². The summed E-state index contributed by atoms with van der Waals surface area (Å²) in [5, 5.41) is 0. The summed E-state index contributed by atoms with van der Waals surface area (Å²) in [4.78, 5) is 18.5. The van der Waals surface area contributed by atoms with Crippen molar-refractivity contribution in [1.82, 2.24) is 9.88 Å². The van der Waals surface area contributed by atoms with Crippen molar-refractivity contribution in [3.05, 3.63) is 23.4 Å². The summed E-state index contributed by atoms with van der Waals surface area (Å²) in [5.41, 5.74) is 1.63. The molecule has 1 amide bonds. The molecule has 0 spiro atoms. The van der Waals surface area contributed by atoms with Gasteiger partial charge in [0, 0.05) is 30.3 Å². The number of pyridine rings is 1. The highest BCUT2D eigenvalue weighted by Gasteiger charge is 2.31. The van der Waals surface area contributed by atoms with Gasteiger partial charge in [-0.2, -0.15) is 0 Å². The molecule has 2 rings (SSSR count). The Balaban J connectivity index is 2.05. The Bertz CT molecular complexity index is 537. The fourth-order valence-corrected chi connectivity index (χ4v) is 2.65. The molecule has 0 bridgehead atoms. The van der Waals surface area contributed by atoms with Crippen molar-refractivity contribution in [2.45, 2.75) is 52.1 Å². The molecular weight excluding hydrogens is 280 g/mol. The second-order valence-electron chi connectivity index (χ2n) is 6.67. The van der Waals surface area contributed by atoms with Crippen LogP contribution in [0.5, 0.6) is 5.88 Å². The van der Waals surface area contributed by atoms with Crippen molar-refractivity contribution in [2.75, 3.05) is 20.2 Å². The molecule has 0 unspecified atom stereocenters. The van der Waals surface area contributed by atoms with Crippen LogP contribution in [0.15, 0.2) is 12.1 Å². The monoisotopic (exact) mass is 306 g/mol. The van der Waals surface area contributed by atoms with Gasteiger partial charge in [-0.15, -0.1) is 0 Å². The zero-order chi connectivity index (χ0) is 16.3. The van der Waals surface area contributed by atoms with Gasteiger partial charge in [-0.05, 0) is 39.7 Å². The number of likely N-dealkylation sites (tertiary alicyclic amines) is 1. The Morgan fingerprint density at radius 1 is 1.41 bits per heavy atom. The summed E-state index contributed by atoms with van der Waals surface area (Å²) in [6.07, 6.45) is 1.55. The molecular formula is C17H26N2O3. The average Bonchev–Trinajstić information content (AvgIpc) is 2.94. The summed E-state index contributed by atoms with van der Waals surface area (Å²) in [5.74, 6) is 0.933. The SMILES string of the molecule is CCc1ccc([C@H]2CCN(C(=O)OC(C)(C)C)C2)nc1OC. The number of ether oxygens (including phenoxy) is 2. The average molecular weight is 306 g/mol. The van der Waals surface area contributed by atoms with Crippen molar-refractivity contribution in [3.8, 4) is 5.88 Å². The summed E-state index contributed by atoms with van der Waals surface area (Å²) in [6.45, 7) is 9.09. The highest BCUT2D eigenvalue weighted by atomic mass is 16.6. The number of hydrogen-bond acceptors (Lipinski definition) is 4. The molecule has 0 N–H and O–H groups in total. The van der Waals surface area contributed by atoms with E-state index in [0.29, 0.717) is 19.0 Å². The molecule has 1 saturated heterocycles. The van der Waals surface area contributed by atoms with Crippen molar-refractivity contribution in [1.29, 1.82) is 0 Å². The molecule has 1 aromatic rings. The number of carbonyl (C=O) groups is 1. The predicted octanol–water partition coefficient (Wildman–Crippen LogP) is 3.38. The summed E-state index contributed by atoms with van der Waals surface area (Å²) >= 11 is 0. The van der Waals surface area contributed by atoms with Crippen LogP contribution in [-0.2, 0) is 11.2 Å². The van der Waals surface area contributed by atoms with Crippen LogP contribution in [0.25, 0.3) is 0 Å². The van der Waals surface area contributed by atoms with E-state index in [2.05, 4.69) is 18.0 Å². The first-order chi connectivity index (χ1) is 10.3. The van der Waals surface area contributed by atoms with E-state index in [1.807, 2.05) is 26.8 Å². The number of aromatic nitrogens is 1. The van der Waals surface area contributed by atoms with Gasteiger partial charge in [-0.1, -0.05) is 13.0 Å².